The maximum atomic E-state index is 13.0. The van der Waals surface area contributed by atoms with Gasteiger partial charge in [-0.05, 0) is 186 Å². The number of hydrogen-bond donors (Lipinski definition) is 2. The van der Waals surface area contributed by atoms with E-state index >= 15 is 0 Å². The van der Waals surface area contributed by atoms with Gasteiger partial charge in [0.05, 0.1) is 0 Å². The van der Waals surface area contributed by atoms with Crippen molar-refractivity contribution in [2.45, 2.75) is 116 Å². The lowest BCUT2D eigenvalue weighted by atomic mass is 10.1. The van der Waals surface area contributed by atoms with Gasteiger partial charge in [-0.25, -0.2) is 32.3 Å². The standard InChI is InChI=1S/C24H22N4O3.2C19H24FN3O3.C18H22FN3O3/c29-22-13-23(30)28(12-10-17-15-26-21-8-4-2-6-19(17)21)24(31)27(22)11-9-16-14-25-20-7-3-1-5-18(16)20;1-2-21-10-3-4-16(21)13-23-18(25)12-17(24)22(19(23)26)11-9-14-5-7-15(20)8-6-14;20-16-6-4-15(5-7-16)8-11-22-17(24)14-18(25)23(19(22)26)13-12-21-9-2-1-3-10-21;19-15-5-3-14(4-6-15)7-10-21-16(23)13-17(24)22(18(21)25)12-11-20-8-1-2-9-20/h1-8,14-15,25-26H,9-13H2;5-8,16H,2-4,9-13H2,1H3;4-7H,1-3,8-14H2;3-6H,1-2,7-13H2. The Kier molecular flexibility index (Phi) is 27.0. The number of amides is 16. The number of nitrogens with zero attached hydrogens (tertiary/aromatic N) is 11. The second-order valence-electron chi connectivity index (χ2n) is 27.9. The van der Waals surface area contributed by atoms with Crippen LogP contribution in [0.3, 0.4) is 0 Å². The van der Waals surface area contributed by atoms with Gasteiger partial charge in [0.25, 0.3) is 0 Å². The van der Waals surface area contributed by atoms with Gasteiger partial charge in [0.1, 0.15) is 43.1 Å². The first-order valence-corrected chi connectivity index (χ1v) is 37.3. The second-order valence-corrected chi connectivity index (χ2v) is 27.9. The zero-order valence-corrected chi connectivity index (χ0v) is 60.9. The zero-order chi connectivity index (χ0) is 76.4. The third-order valence-corrected chi connectivity index (χ3v) is 20.9. The Morgan fingerprint density at radius 3 is 0.991 bits per heavy atom. The number of likely N-dealkylation sites (N-methyl/N-ethyl adjacent to an activating group) is 1. The molecule has 9 heterocycles. The van der Waals surface area contributed by atoms with Crippen molar-refractivity contribution in [3.05, 3.63) is 179 Å². The van der Waals surface area contributed by atoms with E-state index in [4.69, 9.17) is 0 Å². The van der Waals surface area contributed by atoms with Crippen LogP contribution in [-0.4, -0.2) is 246 Å². The smallest absolute Gasteiger partial charge is 0.333 e. The summed E-state index contributed by atoms with van der Waals surface area (Å²) in [6, 6.07) is 31.8. The molecule has 7 aliphatic heterocycles. The lowest BCUT2D eigenvalue weighted by Crippen LogP contribution is -2.58. The normalized spacial score (nSPS) is 18.6. The topological polar surface area (TPSA) is 272 Å². The number of halogens is 3. The third kappa shape index (κ3) is 20.1. The van der Waals surface area contributed by atoms with Crippen LogP contribution in [0.1, 0.15) is 105 Å². The predicted octanol–water partition coefficient (Wildman–Crippen LogP) is 9.33. The minimum Gasteiger partial charge on any atom is -0.361 e. The number of imide groups is 8. The van der Waals surface area contributed by atoms with Crippen molar-refractivity contribution in [1.29, 1.82) is 0 Å². The molecule has 7 aromatic rings. The number of nitrogens with one attached hydrogen (secondary N) is 2. The first kappa shape index (κ1) is 78.4. The molecule has 25 nitrogen and oxygen atoms in total. The Labute approximate surface area is 624 Å². The van der Waals surface area contributed by atoms with Crippen molar-refractivity contribution < 1.29 is 70.7 Å². The number of rotatable bonds is 24. The Morgan fingerprint density at radius 1 is 0.333 bits per heavy atom. The number of para-hydroxylation sites is 2. The van der Waals surface area contributed by atoms with Crippen molar-refractivity contribution in [3.63, 3.8) is 0 Å². The number of hydrogen-bond acceptors (Lipinski definition) is 15. The molecule has 0 bridgehead atoms. The number of fused-ring (bicyclic) bond motifs is 2. The fourth-order valence-electron chi connectivity index (χ4n) is 14.7. The lowest BCUT2D eigenvalue weighted by molar-refractivity contribution is -0.144. The van der Waals surface area contributed by atoms with Crippen LogP contribution in [0.4, 0.5) is 32.3 Å². The van der Waals surface area contributed by atoms with Crippen molar-refractivity contribution in [1.82, 2.24) is 63.9 Å². The van der Waals surface area contributed by atoms with E-state index in [-0.39, 0.29) is 81.9 Å². The summed E-state index contributed by atoms with van der Waals surface area (Å²) in [5.74, 6) is -4.49. The zero-order valence-electron chi connectivity index (χ0n) is 60.9. The summed E-state index contributed by atoms with van der Waals surface area (Å²) in [7, 11) is 0. The van der Waals surface area contributed by atoms with Gasteiger partial charge in [-0.1, -0.05) is 86.1 Å². The number of barbiturate groups is 4. The predicted molar refractivity (Wildman–Crippen MR) is 394 cm³/mol. The summed E-state index contributed by atoms with van der Waals surface area (Å²) in [4.78, 5) is 171. The average molecular weight is 1480 g/mol. The SMILES string of the molecule is CCN1CCCC1CN1C(=O)CC(=O)N(CCc2ccc(F)cc2)C1=O.O=C1CC(=O)N(CCN2CCCC2)C(=O)N1CCc1ccc(F)cc1.O=C1CC(=O)N(CCN2CCCCC2)C(=O)N1CCc1ccc(F)cc1.O=C1CC(=O)N(CCc2c[nH]c3ccccc23)C(=O)N1CCc1c[nH]c2ccccc12. The highest BCUT2D eigenvalue weighted by Gasteiger charge is 2.43. The second kappa shape index (κ2) is 37.2. The third-order valence-electron chi connectivity index (χ3n) is 20.9. The summed E-state index contributed by atoms with van der Waals surface area (Å²) in [6.07, 6.45) is 12.9. The highest BCUT2D eigenvalue weighted by molar-refractivity contribution is 6.16. The van der Waals surface area contributed by atoms with Crippen LogP contribution in [0.15, 0.2) is 134 Å². The molecule has 1 atom stereocenters. The number of benzene rings is 5. The van der Waals surface area contributed by atoms with Gasteiger partial charge in [-0.3, -0.25) is 82.5 Å². The maximum Gasteiger partial charge on any atom is 0.333 e. The number of H-pyrrole nitrogens is 2. The number of aromatic nitrogens is 2. The first-order valence-electron chi connectivity index (χ1n) is 37.3. The van der Waals surface area contributed by atoms with E-state index in [9.17, 15) is 70.7 Å². The summed E-state index contributed by atoms with van der Waals surface area (Å²) in [5.41, 5.74) is 6.63. The van der Waals surface area contributed by atoms with E-state index in [0.717, 1.165) is 142 Å². The highest BCUT2D eigenvalue weighted by atomic mass is 19.1. The summed E-state index contributed by atoms with van der Waals surface area (Å²) < 4.78 is 38.9. The molecule has 7 aliphatic rings. The van der Waals surface area contributed by atoms with Gasteiger partial charge in [-0.2, -0.15) is 0 Å². The molecule has 570 valence electrons. The van der Waals surface area contributed by atoms with Gasteiger partial charge in [0.2, 0.25) is 47.3 Å². The van der Waals surface area contributed by atoms with Crippen LogP contribution in [0.2, 0.25) is 0 Å². The van der Waals surface area contributed by atoms with E-state index in [1.165, 1.54) is 67.3 Å². The first-order chi connectivity index (χ1) is 52.2. The van der Waals surface area contributed by atoms with E-state index < -0.39 is 71.4 Å². The highest BCUT2D eigenvalue weighted by Crippen LogP contribution is 2.26. The van der Waals surface area contributed by atoms with Crippen LogP contribution in [0.5, 0.6) is 0 Å². The van der Waals surface area contributed by atoms with Crippen LogP contribution >= 0.6 is 0 Å². The van der Waals surface area contributed by atoms with Gasteiger partial charge in [0.15, 0.2) is 0 Å². The fourth-order valence-corrected chi connectivity index (χ4v) is 14.7. The van der Waals surface area contributed by atoms with Crippen LogP contribution in [0, 0.1) is 17.5 Å². The van der Waals surface area contributed by atoms with Crippen LogP contribution in [-0.2, 0) is 70.5 Å². The molecule has 1 unspecified atom stereocenters. The number of urea groups is 4. The largest absolute Gasteiger partial charge is 0.361 e. The molecule has 16 amide bonds. The molecule has 14 rings (SSSR count). The Balaban J connectivity index is 0.000000144. The molecule has 0 spiro atoms. The Morgan fingerprint density at radius 2 is 0.639 bits per heavy atom. The molecule has 0 aliphatic carbocycles. The molecule has 108 heavy (non-hydrogen) atoms. The van der Waals surface area contributed by atoms with Crippen molar-refractivity contribution >= 4 is 93.2 Å². The van der Waals surface area contributed by atoms with Crippen molar-refractivity contribution in [2.24, 2.45) is 0 Å². The molecule has 7 saturated heterocycles. The number of likely N-dealkylation sites (tertiary alicyclic amines) is 3. The van der Waals surface area contributed by atoms with Crippen LogP contribution in [0.25, 0.3) is 21.8 Å². The molecule has 5 aromatic carbocycles. The minimum absolute atomic E-state index is 0.167. The van der Waals surface area contributed by atoms with Crippen molar-refractivity contribution in [2.75, 3.05) is 105 Å². The molecular formula is C80H92F3N13O12. The van der Waals surface area contributed by atoms with E-state index in [0.29, 0.717) is 64.8 Å². The lowest BCUT2D eigenvalue weighted by Gasteiger charge is -2.35. The molecule has 2 aromatic heterocycles. The molecule has 28 heteroatoms. The summed E-state index contributed by atoms with van der Waals surface area (Å²) in [5, 5.41) is 2.15. The minimum atomic E-state index is -0.539. The van der Waals surface area contributed by atoms with Gasteiger partial charge >= 0.3 is 24.1 Å². The molecule has 0 radical (unpaired) electrons. The van der Waals surface area contributed by atoms with Gasteiger partial charge < -0.3 is 19.8 Å². The summed E-state index contributed by atoms with van der Waals surface area (Å²) >= 11 is 0. The molecule has 2 N–H and O–H groups in total. The average Bonchev–Trinajstić information content (AvgIpc) is 1.04. The van der Waals surface area contributed by atoms with Gasteiger partial charge in [0, 0.05) is 106 Å². The number of piperidine rings is 1. The van der Waals surface area contributed by atoms with Gasteiger partial charge in [-0.15, -0.1) is 0 Å². The van der Waals surface area contributed by atoms with Crippen LogP contribution < -0.4 is 0 Å². The monoisotopic (exact) mass is 1480 g/mol. The van der Waals surface area contributed by atoms with E-state index in [1.807, 2.05) is 60.9 Å². The number of carbonyl (C=O) groups excluding carboxylic acids is 12. The molecule has 7 fully saturated rings. The molecular weight excluding hydrogens is 1390 g/mol. The number of carbonyl (C=O) groups is 12. The fraction of sp³-hybridized carbons (Fsp3) is 0.425. The van der Waals surface area contributed by atoms with Crippen molar-refractivity contribution in [3.8, 4) is 0 Å². The maximum absolute atomic E-state index is 13.0. The van der Waals surface area contributed by atoms with E-state index in [1.54, 1.807) is 36.4 Å². The number of aromatic amines is 2. The van der Waals surface area contributed by atoms with E-state index in [2.05, 4.69) is 31.6 Å². The Bertz CT molecular complexity index is 4310. The molecule has 0 saturated carbocycles. The summed E-state index contributed by atoms with van der Waals surface area (Å²) in [6.45, 7) is 11.2. The quantitative estimate of drug-likeness (QED) is 0.0533. The Hall–Kier alpha value is -10.7.